The Bertz CT molecular complexity index is 871. The van der Waals surface area contributed by atoms with Gasteiger partial charge in [0.1, 0.15) is 0 Å². The fourth-order valence-corrected chi connectivity index (χ4v) is 12.7. The summed E-state index contributed by atoms with van der Waals surface area (Å²) in [6, 6.07) is 0. The van der Waals surface area contributed by atoms with Crippen LogP contribution in [-0.4, -0.2) is 63.3 Å². The molecule has 0 aliphatic carbocycles. The summed E-state index contributed by atoms with van der Waals surface area (Å²) in [5, 5.41) is 0. The first-order valence-corrected chi connectivity index (χ1v) is 37.9. The van der Waals surface area contributed by atoms with Crippen molar-refractivity contribution >= 4 is 0 Å². The Morgan fingerprint density at radius 1 is 0.138 bits per heavy atom. The number of quaternary nitrogens is 2. The fourth-order valence-electron chi connectivity index (χ4n) is 12.7. The van der Waals surface area contributed by atoms with Crippen molar-refractivity contribution in [3.8, 4) is 0 Å². The Kier molecular flexibility index (Phi) is 82.2. The minimum absolute atomic E-state index is 0. The predicted molar refractivity (Wildman–Crippen MR) is 362 cm³/mol. The van der Waals surface area contributed by atoms with E-state index in [4.69, 9.17) is 0 Å². The lowest BCUT2D eigenvalue weighted by Gasteiger charge is -2.40. The average molecular weight is 1170 g/mol. The third-order valence-corrected chi connectivity index (χ3v) is 17.9. The second-order valence-electron chi connectivity index (χ2n) is 28.1. The summed E-state index contributed by atoms with van der Waals surface area (Å²) >= 11 is 0. The van der Waals surface area contributed by atoms with E-state index in [2.05, 4.69) is 55.9 Å². The average Bonchev–Trinajstić information content (AvgIpc) is 3.42. The molecule has 0 saturated carbocycles. The van der Waals surface area contributed by atoms with Gasteiger partial charge in [0, 0.05) is 0 Å². The van der Waals surface area contributed by atoms with Crippen molar-refractivity contribution in [1.82, 2.24) is 0 Å². The van der Waals surface area contributed by atoms with E-state index in [1.807, 2.05) is 0 Å². The van der Waals surface area contributed by atoms with Gasteiger partial charge in [-0.3, -0.25) is 0 Å². The van der Waals surface area contributed by atoms with Crippen molar-refractivity contribution in [3.05, 3.63) is 0 Å². The smallest absolute Gasteiger partial charge is 0.0786 e. The minimum atomic E-state index is 0. The molecule has 0 N–H and O–H groups in total. The summed E-state index contributed by atoms with van der Waals surface area (Å²) in [5.74, 6) is 0. The van der Waals surface area contributed by atoms with Crippen LogP contribution in [0.2, 0.25) is 0 Å². The monoisotopic (exact) mass is 1170 g/mol. The molecule has 80 heavy (non-hydrogen) atoms. The van der Waals surface area contributed by atoms with Gasteiger partial charge < -0.3 is 33.8 Å². The maximum Gasteiger partial charge on any atom is 0.0786 e. The lowest BCUT2D eigenvalue weighted by atomic mass is 10.0. The highest BCUT2D eigenvalue weighted by Crippen LogP contribution is 2.23. The lowest BCUT2D eigenvalue weighted by molar-refractivity contribution is -0.929. The number of halogens is 2. The van der Waals surface area contributed by atoms with Gasteiger partial charge in [0.25, 0.3) is 0 Å². The van der Waals surface area contributed by atoms with Gasteiger partial charge in [-0.05, 0) is 51.4 Å². The van der Waals surface area contributed by atoms with Crippen LogP contribution in [0.15, 0.2) is 0 Å². The van der Waals surface area contributed by atoms with Crippen LogP contribution < -0.4 is 24.8 Å². The van der Waals surface area contributed by atoms with E-state index in [0.29, 0.717) is 0 Å². The van der Waals surface area contributed by atoms with Crippen molar-refractivity contribution in [2.75, 3.05) is 54.4 Å². The second-order valence-corrected chi connectivity index (χ2v) is 28.1. The standard InChI is InChI=1S/C72H148N.C4H12N.2ClH/c1-5-9-13-17-21-25-29-33-37-41-45-49-53-57-61-65-69-73(70-66-62-58-54-50-46-42-38-34-30-26-22-18-14-10-6-2,71-67-63-59-55-51-47-43-39-35-31-27-23-19-15-11-7-3)72-68-64-60-56-52-48-44-40-36-32-28-24-20-16-12-8-4;1-5(2,3)4;;/h5-72H2,1-4H3;1-4H3;2*1H/q2*+1;;/p-2. The zero-order valence-corrected chi connectivity index (χ0v) is 59.2. The molecule has 0 aromatic rings. The third kappa shape index (κ3) is 80.6. The topological polar surface area (TPSA) is 0 Å². The van der Waals surface area contributed by atoms with Crippen LogP contribution in [0.5, 0.6) is 0 Å². The molecule has 0 atom stereocenters. The summed E-state index contributed by atoms with van der Waals surface area (Å²) in [5.41, 5.74) is 0. The molecule has 0 aliphatic heterocycles. The van der Waals surface area contributed by atoms with Gasteiger partial charge in [0.15, 0.2) is 0 Å². The Labute approximate surface area is 523 Å². The molecule has 0 spiro atoms. The highest BCUT2D eigenvalue weighted by atomic mass is 35.5. The molecule has 0 unspecified atom stereocenters. The number of rotatable bonds is 68. The largest absolute Gasteiger partial charge is 1.00 e. The zero-order valence-electron chi connectivity index (χ0n) is 57.7. The minimum Gasteiger partial charge on any atom is -1.00 e. The van der Waals surface area contributed by atoms with Gasteiger partial charge in [-0.2, -0.15) is 0 Å². The van der Waals surface area contributed by atoms with Crippen molar-refractivity contribution in [2.45, 2.75) is 439 Å². The maximum absolute atomic E-state index is 2.33. The van der Waals surface area contributed by atoms with Crippen molar-refractivity contribution in [3.63, 3.8) is 0 Å². The highest BCUT2D eigenvalue weighted by Gasteiger charge is 2.26. The predicted octanol–water partition coefficient (Wildman–Crippen LogP) is 21.2. The van der Waals surface area contributed by atoms with Gasteiger partial charge >= 0.3 is 0 Å². The van der Waals surface area contributed by atoms with Gasteiger partial charge in [-0.15, -0.1) is 0 Å². The van der Waals surface area contributed by atoms with E-state index in [-0.39, 0.29) is 24.8 Å². The van der Waals surface area contributed by atoms with Gasteiger partial charge in [0.05, 0.1) is 54.4 Å². The van der Waals surface area contributed by atoms with Crippen LogP contribution in [0.1, 0.15) is 439 Å². The van der Waals surface area contributed by atoms with Crippen LogP contribution in [-0.2, 0) is 0 Å². The Balaban J connectivity index is -0.00000393. The molecule has 2 nitrogen and oxygen atoms in total. The zero-order chi connectivity index (χ0) is 57.1. The Hall–Kier alpha value is 0.500. The van der Waals surface area contributed by atoms with E-state index in [0.717, 1.165) is 4.48 Å². The van der Waals surface area contributed by atoms with E-state index in [9.17, 15) is 0 Å². The quantitative estimate of drug-likeness (QED) is 0.0421. The SMILES string of the molecule is CCCCCCCCCCCCCCCCCC[N+](CCCCCCCCCCCCCCCCCC)(CCCCCCCCCCCCCCCCCC)CCCCCCCCCCCCCCCCCC.C[N+](C)(C)C.[Cl-].[Cl-]. The summed E-state index contributed by atoms with van der Waals surface area (Å²) in [6.07, 6.45) is 94.7. The van der Waals surface area contributed by atoms with Crippen LogP contribution in [0.4, 0.5) is 0 Å². The number of hydrogen-bond acceptors (Lipinski definition) is 0. The van der Waals surface area contributed by atoms with Crippen molar-refractivity contribution in [1.29, 1.82) is 0 Å². The number of hydrogen-bond donors (Lipinski definition) is 0. The van der Waals surface area contributed by atoms with E-state index >= 15 is 0 Å². The van der Waals surface area contributed by atoms with Gasteiger partial charge in [-0.1, -0.05) is 387 Å². The van der Waals surface area contributed by atoms with Crippen LogP contribution in [0, 0.1) is 0 Å². The van der Waals surface area contributed by atoms with Gasteiger partial charge in [0.2, 0.25) is 0 Å². The molecule has 0 heterocycles. The van der Waals surface area contributed by atoms with Crippen molar-refractivity contribution < 1.29 is 33.8 Å². The van der Waals surface area contributed by atoms with E-state index in [1.165, 1.54) is 442 Å². The summed E-state index contributed by atoms with van der Waals surface area (Å²) in [7, 11) is 8.50. The maximum atomic E-state index is 2.33. The molecule has 4 heteroatoms. The highest BCUT2D eigenvalue weighted by molar-refractivity contribution is 4.58. The molecule has 0 aromatic carbocycles. The molecular weight excluding hydrogens is 1010 g/mol. The first-order chi connectivity index (χ1) is 38.2. The van der Waals surface area contributed by atoms with E-state index < -0.39 is 0 Å². The van der Waals surface area contributed by atoms with Crippen molar-refractivity contribution in [2.24, 2.45) is 0 Å². The normalized spacial score (nSPS) is 11.7. The molecule has 0 aromatic heterocycles. The summed E-state index contributed by atoms with van der Waals surface area (Å²) in [6.45, 7) is 15.3. The Morgan fingerprint density at radius 2 is 0.212 bits per heavy atom. The molecule has 0 radical (unpaired) electrons. The first kappa shape index (κ1) is 86.9. The van der Waals surface area contributed by atoms with Gasteiger partial charge in [-0.25, -0.2) is 0 Å². The molecule has 0 bridgehead atoms. The fraction of sp³-hybridized carbons (Fsp3) is 1.00. The molecule has 488 valence electrons. The van der Waals surface area contributed by atoms with Crippen LogP contribution in [0.25, 0.3) is 0 Å². The summed E-state index contributed by atoms with van der Waals surface area (Å²) < 4.78 is 2.49. The number of unbranched alkanes of at least 4 members (excludes halogenated alkanes) is 60. The van der Waals surface area contributed by atoms with Crippen LogP contribution in [0.3, 0.4) is 0 Å². The van der Waals surface area contributed by atoms with Crippen LogP contribution >= 0.6 is 0 Å². The summed E-state index contributed by atoms with van der Waals surface area (Å²) in [4.78, 5) is 0. The number of nitrogens with zero attached hydrogens (tertiary/aromatic N) is 2. The first-order valence-electron chi connectivity index (χ1n) is 37.9. The van der Waals surface area contributed by atoms with E-state index in [1.54, 1.807) is 0 Å². The Morgan fingerprint density at radius 3 is 0.300 bits per heavy atom. The molecule has 0 saturated heterocycles. The second kappa shape index (κ2) is 75.6. The molecule has 0 aliphatic rings. The lowest BCUT2D eigenvalue weighted by Crippen LogP contribution is -3.00. The molecule has 0 rings (SSSR count). The molecule has 0 amide bonds. The molecule has 0 fully saturated rings. The third-order valence-electron chi connectivity index (χ3n) is 17.9. The molecular formula is C76H160Cl2N2.